The predicted octanol–water partition coefficient (Wildman–Crippen LogP) is 3.88. The van der Waals surface area contributed by atoms with E-state index in [9.17, 15) is 4.79 Å². The number of carbonyl (C=O) groups excluding carboxylic acids is 1. The lowest BCUT2D eigenvalue weighted by atomic mass is 9.95. The lowest BCUT2D eigenvalue weighted by Gasteiger charge is -2.16. The number of nitrogens with zero attached hydrogens (tertiary/aromatic N) is 2. The van der Waals surface area contributed by atoms with Crippen molar-refractivity contribution in [3.8, 4) is 11.3 Å². The van der Waals surface area contributed by atoms with Crippen molar-refractivity contribution in [2.24, 2.45) is 5.73 Å². The van der Waals surface area contributed by atoms with Gasteiger partial charge in [-0.3, -0.25) is 4.79 Å². The first kappa shape index (κ1) is 18.7. The summed E-state index contributed by atoms with van der Waals surface area (Å²) in [7, 11) is 0. The van der Waals surface area contributed by atoms with E-state index in [2.05, 4.69) is 17.1 Å². The fourth-order valence-corrected chi connectivity index (χ4v) is 3.76. The molecule has 6 heteroatoms. The summed E-state index contributed by atoms with van der Waals surface area (Å²) in [6.45, 7) is 1.24. The normalized spacial score (nSPS) is 19.1. The van der Waals surface area contributed by atoms with Crippen molar-refractivity contribution in [1.29, 1.82) is 0 Å². The van der Waals surface area contributed by atoms with Crippen LogP contribution in [0.3, 0.4) is 0 Å². The van der Waals surface area contributed by atoms with Crippen LogP contribution in [0.1, 0.15) is 23.8 Å². The highest BCUT2D eigenvalue weighted by Gasteiger charge is 2.33. The van der Waals surface area contributed by atoms with Gasteiger partial charge in [0, 0.05) is 48.5 Å². The summed E-state index contributed by atoms with van der Waals surface area (Å²) >= 11 is 5.91. The highest BCUT2D eigenvalue weighted by molar-refractivity contribution is 6.30. The number of amides is 1. The van der Waals surface area contributed by atoms with Gasteiger partial charge in [-0.15, -0.1) is 0 Å². The second-order valence-electron chi connectivity index (χ2n) is 7.10. The minimum Gasteiger partial charge on any atom is -0.441 e. The average Bonchev–Trinajstić information content (AvgIpc) is 3.34. The molecule has 1 aliphatic heterocycles. The Morgan fingerprint density at radius 3 is 2.64 bits per heavy atom. The summed E-state index contributed by atoms with van der Waals surface area (Å²) in [4.78, 5) is 18.8. The molecule has 0 aliphatic carbocycles. The second kappa shape index (κ2) is 8.17. The molecule has 0 unspecified atom stereocenters. The van der Waals surface area contributed by atoms with E-state index in [0.717, 1.165) is 5.56 Å². The Labute approximate surface area is 169 Å². The number of oxazole rings is 1. The minimum absolute atomic E-state index is 0.0374. The molecule has 1 aromatic heterocycles. The highest BCUT2D eigenvalue weighted by atomic mass is 35.5. The SMILES string of the molecule is N[C@@H]1CN(C(=O)CCc2ncc(-c3ccc(Cl)cc3)o2)C[C@H]1c1ccccc1. The van der Waals surface area contributed by atoms with Crippen molar-refractivity contribution in [3.63, 3.8) is 0 Å². The maximum atomic E-state index is 12.6. The fraction of sp³-hybridized carbons (Fsp3) is 0.273. The van der Waals surface area contributed by atoms with Crippen LogP contribution in [-0.4, -0.2) is 34.9 Å². The molecule has 3 aromatic rings. The number of carbonyl (C=O) groups is 1. The van der Waals surface area contributed by atoms with E-state index in [-0.39, 0.29) is 17.9 Å². The van der Waals surface area contributed by atoms with Crippen LogP contribution < -0.4 is 5.73 Å². The Morgan fingerprint density at radius 2 is 1.89 bits per heavy atom. The Hall–Kier alpha value is -2.63. The molecule has 4 rings (SSSR count). The number of aryl methyl sites for hydroxylation is 1. The molecule has 0 spiro atoms. The molecule has 1 saturated heterocycles. The largest absolute Gasteiger partial charge is 0.441 e. The minimum atomic E-state index is -0.0374. The van der Waals surface area contributed by atoms with Gasteiger partial charge in [-0.25, -0.2) is 4.98 Å². The number of aromatic nitrogens is 1. The summed E-state index contributed by atoms with van der Waals surface area (Å²) in [5.74, 6) is 1.50. The van der Waals surface area contributed by atoms with Gasteiger partial charge in [-0.2, -0.15) is 0 Å². The summed E-state index contributed by atoms with van der Waals surface area (Å²) in [5.41, 5.74) is 8.38. The molecule has 2 N–H and O–H groups in total. The predicted molar refractivity (Wildman–Crippen MR) is 109 cm³/mol. The number of halogens is 1. The van der Waals surface area contributed by atoms with Crippen LogP contribution in [0.4, 0.5) is 0 Å². The molecular formula is C22H22ClN3O2. The number of hydrogen-bond acceptors (Lipinski definition) is 4. The van der Waals surface area contributed by atoms with Crippen LogP contribution in [0.2, 0.25) is 5.02 Å². The van der Waals surface area contributed by atoms with Crippen LogP contribution in [0.25, 0.3) is 11.3 Å². The molecule has 0 radical (unpaired) electrons. The lowest BCUT2D eigenvalue weighted by Crippen LogP contribution is -2.32. The zero-order valence-corrected chi connectivity index (χ0v) is 16.2. The molecule has 1 aliphatic rings. The van der Waals surface area contributed by atoms with E-state index in [4.69, 9.17) is 21.8 Å². The molecule has 5 nitrogen and oxygen atoms in total. The molecule has 2 atom stereocenters. The van der Waals surface area contributed by atoms with Gasteiger partial charge >= 0.3 is 0 Å². The standard InChI is InChI=1S/C22H22ClN3O2/c23-17-8-6-16(7-9-17)20-12-25-21(28-20)10-11-22(27)26-13-18(19(24)14-26)15-4-2-1-3-5-15/h1-9,12,18-19H,10-11,13-14,24H2/t18-,19+/m0/s1. The Bertz CT molecular complexity index is 940. The van der Waals surface area contributed by atoms with Crippen LogP contribution >= 0.6 is 11.6 Å². The smallest absolute Gasteiger partial charge is 0.223 e. The third-order valence-corrected chi connectivity index (χ3v) is 5.43. The summed E-state index contributed by atoms with van der Waals surface area (Å²) in [6.07, 6.45) is 2.50. The Balaban J connectivity index is 1.34. The number of hydrogen-bond donors (Lipinski definition) is 1. The third kappa shape index (κ3) is 4.11. The van der Waals surface area contributed by atoms with Gasteiger partial charge < -0.3 is 15.1 Å². The molecule has 2 aromatic carbocycles. The maximum Gasteiger partial charge on any atom is 0.223 e. The zero-order chi connectivity index (χ0) is 19.5. The van der Waals surface area contributed by atoms with E-state index in [0.29, 0.717) is 42.6 Å². The van der Waals surface area contributed by atoms with Gasteiger partial charge in [-0.1, -0.05) is 41.9 Å². The van der Waals surface area contributed by atoms with E-state index in [1.165, 1.54) is 5.56 Å². The van der Waals surface area contributed by atoms with Crippen molar-refractivity contribution in [3.05, 3.63) is 77.3 Å². The molecular weight excluding hydrogens is 374 g/mol. The first-order valence-electron chi connectivity index (χ1n) is 9.39. The van der Waals surface area contributed by atoms with Crippen LogP contribution in [0, 0.1) is 0 Å². The first-order valence-corrected chi connectivity index (χ1v) is 9.77. The zero-order valence-electron chi connectivity index (χ0n) is 15.4. The van der Waals surface area contributed by atoms with E-state index < -0.39 is 0 Å². The average molecular weight is 396 g/mol. The van der Waals surface area contributed by atoms with Gasteiger partial charge in [0.25, 0.3) is 0 Å². The fourth-order valence-electron chi connectivity index (χ4n) is 3.63. The number of nitrogens with two attached hydrogens (primary N) is 1. The Morgan fingerprint density at radius 1 is 1.14 bits per heavy atom. The molecule has 1 fully saturated rings. The van der Waals surface area contributed by atoms with Crippen molar-refractivity contribution < 1.29 is 9.21 Å². The van der Waals surface area contributed by atoms with Gasteiger partial charge in [0.05, 0.1) is 6.20 Å². The second-order valence-corrected chi connectivity index (χ2v) is 7.54. The topological polar surface area (TPSA) is 72.4 Å². The quantitative estimate of drug-likeness (QED) is 0.711. The van der Waals surface area contributed by atoms with Gasteiger partial charge in [0.1, 0.15) is 0 Å². The van der Waals surface area contributed by atoms with Crippen LogP contribution in [-0.2, 0) is 11.2 Å². The molecule has 1 amide bonds. The van der Waals surface area contributed by atoms with Crippen molar-refractivity contribution in [1.82, 2.24) is 9.88 Å². The molecule has 0 bridgehead atoms. The van der Waals surface area contributed by atoms with Crippen LogP contribution in [0.15, 0.2) is 65.2 Å². The monoisotopic (exact) mass is 395 g/mol. The highest BCUT2D eigenvalue weighted by Crippen LogP contribution is 2.27. The van der Waals surface area contributed by atoms with Gasteiger partial charge in [0.15, 0.2) is 11.7 Å². The maximum absolute atomic E-state index is 12.6. The van der Waals surface area contributed by atoms with E-state index >= 15 is 0 Å². The van der Waals surface area contributed by atoms with Gasteiger partial charge in [0.2, 0.25) is 5.91 Å². The van der Waals surface area contributed by atoms with E-state index in [1.54, 1.807) is 6.20 Å². The van der Waals surface area contributed by atoms with Gasteiger partial charge in [-0.05, 0) is 29.8 Å². The summed E-state index contributed by atoms with van der Waals surface area (Å²) < 4.78 is 5.78. The van der Waals surface area contributed by atoms with Crippen LogP contribution in [0.5, 0.6) is 0 Å². The Kier molecular flexibility index (Phi) is 5.46. The molecule has 0 saturated carbocycles. The summed E-state index contributed by atoms with van der Waals surface area (Å²) in [5, 5.41) is 0.673. The number of likely N-dealkylation sites (tertiary alicyclic amines) is 1. The lowest BCUT2D eigenvalue weighted by molar-refractivity contribution is -0.130. The van der Waals surface area contributed by atoms with Crippen molar-refractivity contribution >= 4 is 17.5 Å². The van der Waals surface area contributed by atoms with Crippen molar-refractivity contribution in [2.45, 2.75) is 24.8 Å². The number of rotatable bonds is 5. The summed E-state index contributed by atoms with van der Waals surface area (Å²) in [6, 6.07) is 17.5. The van der Waals surface area contributed by atoms with Crippen molar-refractivity contribution in [2.75, 3.05) is 13.1 Å². The number of benzene rings is 2. The molecule has 28 heavy (non-hydrogen) atoms. The molecule has 144 valence electrons. The van der Waals surface area contributed by atoms with E-state index in [1.807, 2.05) is 47.4 Å². The first-order chi connectivity index (χ1) is 13.6. The third-order valence-electron chi connectivity index (χ3n) is 5.18. The molecule has 2 heterocycles.